The molecule has 0 amide bonds. The first-order valence-corrected chi connectivity index (χ1v) is 6.57. The molecule has 0 spiro atoms. The number of hydrazine groups is 1. The second-order valence-electron chi connectivity index (χ2n) is 5.58. The van der Waals surface area contributed by atoms with Crippen molar-refractivity contribution in [3.63, 3.8) is 0 Å². The van der Waals surface area contributed by atoms with Gasteiger partial charge >= 0.3 is 0 Å². The number of hydrogen-bond donors (Lipinski definition) is 2. The summed E-state index contributed by atoms with van der Waals surface area (Å²) in [7, 11) is 0. The lowest BCUT2D eigenvalue weighted by atomic mass is 9.73. The van der Waals surface area contributed by atoms with Gasteiger partial charge in [-0.3, -0.25) is 16.3 Å². The summed E-state index contributed by atoms with van der Waals surface area (Å²) in [6.07, 6.45) is 5.68. The molecule has 0 saturated heterocycles. The Bertz CT molecular complexity index is 329. The van der Waals surface area contributed by atoms with Crippen molar-refractivity contribution in [2.45, 2.75) is 39.2 Å². The van der Waals surface area contributed by atoms with Gasteiger partial charge in [-0.15, -0.1) is 0 Å². The molecule has 0 aromatic carbocycles. The monoisotopic (exact) mass is 233 g/mol. The Kier molecular flexibility index (Phi) is 4.13. The Morgan fingerprint density at radius 1 is 1.24 bits per heavy atom. The van der Waals surface area contributed by atoms with Crippen molar-refractivity contribution in [2.75, 3.05) is 0 Å². The molecule has 1 fully saturated rings. The molecule has 3 nitrogen and oxygen atoms in total. The number of nitrogens with one attached hydrogen (secondary N) is 1. The van der Waals surface area contributed by atoms with Crippen LogP contribution in [0.4, 0.5) is 0 Å². The van der Waals surface area contributed by atoms with E-state index in [1.165, 1.54) is 19.3 Å². The molecule has 1 aromatic rings. The quantitative estimate of drug-likeness (QED) is 0.623. The fourth-order valence-electron chi connectivity index (χ4n) is 3.30. The summed E-state index contributed by atoms with van der Waals surface area (Å²) in [6.45, 7) is 4.68. The molecule has 2 rings (SSSR count). The SMILES string of the molecule is CC1CC(C)CC(C(NN)c2ccccn2)C1. The molecule has 17 heavy (non-hydrogen) atoms. The molecule has 3 atom stereocenters. The van der Waals surface area contributed by atoms with Gasteiger partial charge in [0.1, 0.15) is 0 Å². The molecule has 1 aliphatic rings. The zero-order valence-electron chi connectivity index (χ0n) is 10.8. The highest BCUT2D eigenvalue weighted by molar-refractivity contribution is 5.10. The average molecular weight is 233 g/mol. The predicted octanol–water partition coefficient (Wildman–Crippen LogP) is 2.66. The van der Waals surface area contributed by atoms with Crippen LogP contribution in [0.25, 0.3) is 0 Å². The fourth-order valence-corrected chi connectivity index (χ4v) is 3.30. The van der Waals surface area contributed by atoms with Crippen molar-refractivity contribution in [3.05, 3.63) is 30.1 Å². The topological polar surface area (TPSA) is 50.9 Å². The number of nitrogens with zero attached hydrogens (tertiary/aromatic N) is 1. The third-order valence-electron chi connectivity index (χ3n) is 3.87. The molecular weight excluding hydrogens is 210 g/mol. The van der Waals surface area contributed by atoms with Crippen molar-refractivity contribution in [1.82, 2.24) is 10.4 Å². The Hall–Kier alpha value is -0.930. The van der Waals surface area contributed by atoms with Gasteiger partial charge in [-0.25, -0.2) is 0 Å². The highest BCUT2D eigenvalue weighted by atomic mass is 15.2. The molecule has 1 saturated carbocycles. The van der Waals surface area contributed by atoms with Crippen LogP contribution >= 0.6 is 0 Å². The van der Waals surface area contributed by atoms with E-state index < -0.39 is 0 Å². The van der Waals surface area contributed by atoms with Crippen LogP contribution in [0.1, 0.15) is 44.8 Å². The van der Waals surface area contributed by atoms with Crippen LogP contribution < -0.4 is 11.3 Å². The van der Waals surface area contributed by atoms with Gasteiger partial charge in [0.15, 0.2) is 0 Å². The summed E-state index contributed by atoms with van der Waals surface area (Å²) >= 11 is 0. The van der Waals surface area contributed by atoms with Crippen LogP contribution in [-0.2, 0) is 0 Å². The summed E-state index contributed by atoms with van der Waals surface area (Å²) < 4.78 is 0. The van der Waals surface area contributed by atoms with Crippen LogP contribution in [0, 0.1) is 17.8 Å². The summed E-state index contributed by atoms with van der Waals surface area (Å²) in [6, 6.07) is 6.24. The average Bonchev–Trinajstić information content (AvgIpc) is 2.30. The second-order valence-corrected chi connectivity index (χ2v) is 5.58. The third-order valence-corrected chi connectivity index (χ3v) is 3.87. The van der Waals surface area contributed by atoms with E-state index >= 15 is 0 Å². The lowest BCUT2D eigenvalue weighted by Gasteiger charge is -2.36. The van der Waals surface area contributed by atoms with Gasteiger partial charge in [0.05, 0.1) is 11.7 Å². The lowest BCUT2D eigenvalue weighted by molar-refractivity contribution is 0.175. The number of nitrogens with two attached hydrogens (primary N) is 1. The minimum Gasteiger partial charge on any atom is -0.271 e. The first-order valence-electron chi connectivity index (χ1n) is 6.57. The molecule has 0 radical (unpaired) electrons. The summed E-state index contributed by atoms with van der Waals surface area (Å²) in [5.74, 6) is 7.93. The molecular formula is C14H23N3. The smallest absolute Gasteiger partial charge is 0.0660 e. The van der Waals surface area contributed by atoms with Crippen LogP contribution in [-0.4, -0.2) is 4.98 Å². The molecule has 3 unspecified atom stereocenters. The lowest BCUT2D eigenvalue weighted by Crippen LogP contribution is -2.37. The Morgan fingerprint density at radius 3 is 2.47 bits per heavy atom. The Balaban J connectivity index is 2.13. The van der Waals surface area contributed by atoms with Gasteiger partial charge in [-0.05, 0) is 49.1 Å². The van der Waals surface area contributed by atoms with Crippen LogP contribution in [0.3, 0.4) is 0 Å². The minimum absolute atomic E-state index is 0.196. The van der Waals surface area contributed by atoms with Crippen molar-refractivity contribution in [2.24, 2.45) is 23.6 Å². The van der Waals surface area contributed by atoms with Crippen LogP contribution in [0.15, 0.2) is 24.4 Å². The van der Waals surface area contributed by atoms with E-state index in [4.69, 9.17) is 5.84 Å². The maximum Gasteiger partial charge on any atom is 0.0660 e. The van der Waals surface area contributed by atoms with Crippen molar-refractivity contribution >= 4 is 0 Å². The van der Waals surface area contributed by atoms with E-state index in [0.29, 0.717) is 5.92 Å². The van der Waals surface area contributed by atoms with E-state index in [0.717, 1.165) is 17.5 Å². The largest absolute Gasteiger partial charge is 0.271 e. The molecule has 0 bridgehead atoms. The summed E-state index contributed by atoms with van der Waals surface area (Å²) in [4.78, 5) is 4.43. The molecule has 0 aliphatic heterocycles. The summed E-state index contributed by atoms with van der Waals surface area (Å²) in [5.41, 5.74) is 4.04. The van der Waals surface area contributed by atoms with E-state index in [1.807, 2.05) is 18.3 Å². The molecule has 1 heterocycles. The first kappa shape index (κ1) is 12.5. The van der Waals surface area contributed by atoms with Crippen molar-refractivity contribution in [3.8, 4) is 0 Å². The number of pyridine rings is 1. The molecule has 1 aromatic heterocycles. The number of rotatable bonds is 3. The second kappa shape index (κ2) is 5.61. The third kappa shape index (κ3) is 3.05. The van der Waals surface area contributed by atoms with E-state index in [9.17, 15) is 0 Å². The highest BCUT2D eigenvalue weighted by Gasteiger charge is 2.30. The molecule has 3 heteroatoms. The zero-order chi connectivity index (χ0) is 12.3. The van der Waals surface area contributed by atoms with Gasteiger partial charge in [-0.2, -0.15) is 0 Å². The fraction of sp³-hybridized carbons (Fsp3) is 0.643. The van der Waals surface area contributed by atoms with E-state index in [-0.39, 0.29) is 6.04 Å². The van der Waals surface area contributed by atoms with E-state index in [2.05, 4.69) is 30.3 Å². The first-order chi connectivity index (χ1) is 8.20. The Labute approximate surface area is 104 Å². The molecule has 94 valence electrons. The maximum atomic E-state index is 5.74. The van der Waals surface area contributed by atoms with Gasteiger partial charge < -0.3 is 0 Å². The zero-order valence-corrected chi connectivity index (χ0v) is 10.8. The van der Waals surface area contributed by atoms with Crippen LogP contribution in [0.5, 0.6) is 0 Å². The van der Waals surface area contributed by atoms with Crippen LogP contribution in [0.2, 0.25) is 0 Å². The highest BCUT2D eigenvalue weighted by Crippen LogP contribution is 2.38. The normalized spacial score (nSPS) is 31.1. The van der Waals surface area contributed by atoms with Gasteiger partial charge in [-0.1, -0.05) is 19.9 Å². The van der Waals surface area contributed by atoms with E-state index in [1.54, 1.807) is 0 Å². The van der Waals surface area contributed by atoms with Gasteiger partial charge in [0.25, 0.3) is 0 Å². The molecule has 3 N–H and O–H groups in total. The van der Waals surface area contributed by atoms with Crippen molar-refractivity contribution < 1.29 is 0 Å². The van der Waals surface area contributed by atoms with Crippen molar-refractivity contribution in [1.29, 1.82) is 0 Å². The minimum atomic E-state index is 0.196. The Morgan fingerprint density at radius 2 is 1.94 bits per heavy atom. The standard InChI is InChI=1S/C14H23N3/c1-10-7-11(2)9-12(8-10)14(17-15)13-5-3-4-6-16-13/h3-6,10-12,14,17H,7-9,15H2,1-2H3. The summed E-state index contributed by atoms with van der Waals surface area (Å²) in [5, 5.41) is 0. The van der Waals surface area contributed by atoms with Gasteiger partial charge in [0, 0.05) is 6.20 Å². The van der Waals surface area contributed by atoms with Gasteiger partial charge in [0.2, 0.25) is 0 Å². The maximum absolute atomic E-state index is 5.74. The number of aromatic nitrogens is 1. The predicted molar refractivity (Wildman–Crippen MR) is 70.0 cm³/mol. The number of hydrogen-bond acceptors (Lipinski definition) is 3. The molecule has 1 aliphatic carbocycles.